The van der Waals surface area contributed by atoms with Crippen molar-refractivity contribution in [3.8, 4) is 0 Å². The highest BCUT2D eigenvalue weighted by atomic mass is 16.5. The molecule has 0 aliphatic heterocycles. The predicted molar refractivity (Wildman–Crippen MR) is 80.7 cm³/mol. The minimum Gasteiger partial charge on any atom is -0.383 e. The van der Waals surface area contributed by atoms with Gasteiger partial charge in [-0.15, -0.1) is 0 Å². The Morgan fingerprint density at radius 3 is 2.63 bits per heavy atom. The zero-order chi connectivity index (χ0) is 14.1. The lowest BCUT2D eigenvalue weighted by Gasteiger charge is -2.14. The lowest BCUT2D eigenvalue weighted by Crippen LogP contribution is -2.28. The first-order valence-electron chi connectivity index (χ1n) is 6.43. The standard InChI is InChI=1S/C14H24N4O/c1-12-4-6-13(7-5-12)17-14(15)16-8-9-18(2)10-11-19-3/h4-7H,8-11H2,1-3H3,(H3,15,16,17). The normalized spacial score (nSPS) is 11.9. The second kappa shape index (κ2) is 8.50. The number of likely N-dealkylation sites (N-methyl/N-ethyl adjacent to an activating group) is 1. The molecule has 0 aromatic heterocycles. The highest BCUT2D eigenvalue weighted by Gasteiger charge is 1.98. The Morgan fingerprint density at radius 1 is 1.32 bits per heavy atom. The molecule has 106 valence electrons. The summed E-state index contributed by atoms with van der Waals surface area (Å²) in [6.07, 6.45) is 0. The van der Waals surface area contributed by atoms with Gasteiger partial charge in [-0.05, 0) is 26.1 Å². The number of nitrogens with two attached hydrogens (primary N) is 1. The van der Waals surface area contributed by atoms with Gasteiger partial charge in [0.05, 0.1) is 13.2 Å². The van der Waals surface area contributed by atoms with E-state index in [0.29, 0.717) is 12.5 Å². The quantitative estimate of drug-likeness (QED) is 0.575. The summed E-state index contributed by atoms with van der Waals surface area (Å²) >= 11 is 0. The SMILES string of the molecule is COCCN(C)CCN=C(N)Nc1ccc(C)cc1. The van der Waals surface area contributed by atoms with E-state index in [4.69, 9.17) is 10.5 Å². The number of anilines is 1. The molecule has 0 atom stereocenters. The molecule has 0 heterocycles. The summed E-state index contributed by atoms with van der Waals surface area (Å²) in [6.45, 7) is 5.22. The van der Waals surface area contributed by atoms with E-state index < -0.39 is 0 Å². The van der Waals surface area contributed by atoms with Crippen LogP contribution in [0.2, 0.25) is 0 Å². The van der Waals surface area contributed by atoms with E-state index in [1.54, 1.807) is 7.11 Å². The van der Waals surface area contributed by atoms with Crippen LogP contribution in [0.25, 0.3) is 0 Å². The molecule has 5 nitrogen and oxygen atoms in total. The Labute approximate surface area is 115 Å². The smallest absolute Gasteiger partial charge is 0.193 e. The largest absolute Gasteiger partial charge is 0.383 e. The number of nitrogens with one attached hydrogen (secondary N) is 1. The molecular weight excluding hydrogens is 240 g/mol. The Bertz CT molecular complexity index is 389. The number of aryl methyl sites for hydroxylation is 1. The number of rotatable bonds is 7. The molecule has 3 N–H and O–H groups in total. The lowest BCUT2D eigenvalue weighted by molar-refractivity contribution is 0.163. The zero-order valence-corrected chi connectivity index (χ0v) is 12.0. The molecule has 0 unspecified atom stereocenters. The monoisotopic (exact) mass is 264 g/mol. The Kier molecular flexibility index (Phi) is 6.92. The van der Waals surface area contributed by atoms with Crippen LogP contribution < -0.4 is 11.1 Å². The molecule has 0 saturated heterocycles. The number of benzene rings is 1. The summed E-state index contributed by atoms with van der Waals surface area (Å²) < 4.78 is 5.01. The van der Waals surface area contributed by atoms with Gasteiger partial charge in [-0.1, -0.05) is 17.7 Å². The zero-order valence-electron chi connectivity index (χ0n) is 12.0. The average molecular weight is 264 g/mol. The van der Waals surface area contributed by atoms with Crippen LogP contribution in [-0.2, 0) is 4.74 Å². The number of aliphatic imine (C=N–C) groups is 1. The Hall–Kier alpha value is -1.59. The van der Waals surface area contributed by atoms with Crippen molar-refractivity contribution in [3.05, 3.63) is 29.8 Å². The second-order valence-electron chi connectivity index (χ2n) is 4.55. The highest BCUT2D eigenvalue weighted by molar-refractivity contribution is 5.92. The van der Waals surface area contributed by atoms with E-state index in [2.05, 4.69) is 22.1 Å². The molecule has 1 aromatic rings. The summed E-state index contributed by atoms with van der Waals surface area (Å²) in [5.74, 6) is 0.448. The van der Waals surface area contributed by atoms with Gasteiger partial charge in [0.1, 0.15) is 0 Å². The van der Waals surface area contributed by atoms with Crippen molar-refractivity contribution in [3.63, 3.8) is 0 Å². The van der Waals surface area contributed by atoms with Gasteiger partial charge >= 0.3 is 0 Å². The van der Waals surface area contributed by atoms with Crippen LogP contribution >= 0.6 is 0 Å². The molecule has 0 aliphatic rings. The summed E-state index contributed by atoms with van der Waals surface area (Å²) in [6, 6.07) is 8.05. The molecular formula is C14H24N4O. The molecule has 0 amide bonds. The van der Waals surface area contributed by atoms with Gasteiger partial charge in [0.2, 0.25) is 0 Å². The van der Waals surface area contributed by atoms with Crippen molar-refractivity contribution in [2.45, 2.75) is 6.92 Å². The first-order valence-corrected chi connectivity index (χ1v) is 6.43. The minimum atomic E-state index is 0.448. The molecule has 0 aliphatic carbocycles. The van der Waals surface area contributed by atoms with E-state index in [-0.39, 0.29) is 0 Å². The maximum atomic E-state index is 5.83. The van der Waals surface area contributed by atoms with E-state index >= 15 is 0 Å². The van der Waals surface area contributed by atoms with Crippen molar-refractivity contribution in [2.75, 3.05) is 45.7 Å². The van der Waals surface area contributed by atoms with Gasteiger partial charge < -0.3 is 20.7 Å². The molecule has 0 saturated carbocycles. The van der Waals surface area contributed by atoms with E-state index in [1.165, 1.54) is 5.56 Å². The number of guanidine groups is 1. The average Bonchev–Trinajstić information content (AvgIpc) is 2.39. The number of ether oxygens (including phenoxy) is 1. The highest BCUT2D eigenvalue weighted by Crippen LogP contribution is 2.07. The summed E-state index contributed by atoms with van der Waals surface area (Å²) in [4.78, 5) is 6.45. The molecule has 0 spiro atoms. The molecule has 0 bridgehead atoms. The topological polar surface area (TPSA) is 62.9 Å². The lowest BCUT2D eigenvalue weighted by atomic mass is 10.2. The number of methoxy groups -OCH3 is 1. The number of nitrogens with zero attached hydrogens (tertiary/aromatic N) is 2. The predicted octanol–water partition coefficient (Wildman–Crippen LogP) is 1.30. The third-order valence-electron chi connectivity index (χ3n) is 2.76. The molecule has 1 aromatic carbocycles. The van der Waals surface area contributed by atoms with Crippen LogP contribution in [0.15, 0.2) is 29.3 Å². The van der Waals surface area contributed by atoms with Crippen LogP contribution in [0, 0.1) is 6.92 Å². The van der Waals surface area contributed by atoms with E-state index in [0.717, 1.165) is 25.4 Å². The van der Waals surface area contributed by atoms with Crippen molar-refractivity contribution in [2.24, 2.45) is 10.7 Å². The second-order valence-corrected chi connectivity index (χ2v) is 4.55. The van der Waals surface area contributed by atoms with Crippen molar-refractivity contribution >= 4 is 11.6 Å². The fourth-order valence-electron chi connectivity index (χ4n) is 1.52. The van der Waals surface area contributed by atoms with Gasteiger partial charge in [-0.25, -0.2) is 0 Å². The fourth-order valence-corrected chi connectivity index (χ4v) is 1.52. The van der Waals surface area contributed by atoms with Crippen molar-refractivity contribution < 1.29 is 4.74 Å². The maximum absolute atomic E-state index is 5.83. The molecule has 0 radical (unpaired) electrons. The third kappa shape index (κ3) is 6.79. The van der Waals surface area contributed by atoms with E-state index in [1.807, 2.05) is 31.3 Å². The summed E-state index contributed by atoms with van der Waals surface area (Å²) in [5, 5.41) is 3.07. The van der Waals surface area contributed by atoms with E-state index in [9.17, 15) is 0 Å². The molecule has 0 fully saturated rings. The van der Waals surface area contributed by atoms with Crippen LogP contribution in [0.1, 0.15) is 5.56 Å². The van der Waals surface area contributed by atoms with Gasteiger partial charge in [0.25, 0.3) is 0 Å². The number of hydrogen-bond acceptors (Lipinski definition) is 3. The first kappa shape index (κ1) is 15.5. The van der Waals surface area contributed by atoms with Gasteiger partial charge in [-0.3, -0.25) is 4.99 Å². The van der Waals surface area contributed by atoms with Crippen LogP contribution in [0.4, 0.5) is 5.69 Å². The molecule has 1 rings (SSSR count). The van der Waals surface area contributed by atoms with Crippen LogP contribution in [0.5, 0.6) is 0 Å². The summed E-state index contributed by atoms with van der Waals surface area (Å²) in [7, 11) is 3.74. The molecule has 19 heavy (non-hydrogen) atoms. The third-order valence-corrected chi connectivity index (χ3v) is 2.76. The van der Waals surface area contributed by atoms with Gasteiger partial charge in [0.15, 0.2) is 5.96 Å². The Balaban J connectivity index is 2.30. The maximum Gasteiger partial charge on any atom is 0.193 e. The van der Waals surface area contributed by atoms with Crippen LogP contribution in [-0.4, -0.2) is 51.3 Å². The van der Waals surface area contributed by atoms with Crippen molar-refractivity contribution in [1.29, 1.82) is 0 Å². The summed E-state index contributed by atoms with van der Waals surface area (Å²) in [5.41, 5.74) is 8.01. The Morgan fingerprint density at radius 2 is 2.00 bits per heavy atom. The van der Waals surface area contributed by atoms with Gasteiger partial charge in [-0.2, -0.15) is 0 Å². The van der Waals surface area contributed by atoms with Gasteiger partial charge in [0, 0.05) is 25.9 Å². The van der Waals surface area contributed by atoms with Crippen LogP contribution in [0.3, 0.4) is 0 Å². The molecule has 5 heteroatoms. The fraction of sp³-hybridized carbons (Fsp3) is 0.500. The minimum absolute atomic E-state index is 0.448. The van der Waals surface area contributed by atoms with Crippen molar-refractivity contribution in [1.82, 2.24) is 4.90 Å². The number of hydrogen-bond donors (Lipinski definition) is 2. The first-order chi connectivity index (χ1) is 9.11.